The molecule has 3 heterocycles. The third-order valence-electron chi connectivity index (χ3n) is 5.12. The lowest BCUT2D eigenvalue weighted by molar-refractivity contribution is 0.0702. The van der Waals surface area contributed by atoms with Crippen molar-refractivity contribution in [2.45, 2.75) is 18.9 Å². The quantitative estimate of drug-likeness (QED) is 0.691. The molecule has 8 heteroatoms. The minimum absolute atomic E-state index is 0.0128. The first-order chi connectivity index (χ1) is 13.0. The van der Waals surface area contributed by atoms with E-state index < -0.39 is 0 Å². The predicted octanol–water partition coefficient (Wildman–Crippen LogP) is 2.78. The Kier molecular flexibility index (Phi) is 4.73. The van der Waals surface area contributed by atoms with Crippen molar-refractivity contribution in [2.75, 3.05) is 32.1 Å². The van der Waals surface area contributed by atoms with Crippen LogP contribution in [0.3, 0.4) is 0 Å². The molecule has 3 aromatic rings. The molecule has 7 nitrogen and oxygen atoms in total. The number of nitrogens with zero attached hydrogens (tertiary/aromatic N) is 5. The number of thiazole rings is 1. The van der Waals surface area contributed by atoms with Gasteiger partial charge in [0.05, 0.1) is 17.3 Å². The Morgan fingerprint density at radius 3 is 2.74 bits per heavy atom. The van der Waals surface area contributed by atoms with Crippen molar-refractivity contribution in [3.8, 4) is 5.75 Å². The van der Waals surface area contributed by atoms with Crippen molar-refractivity contribution in [3.05, 3.63) is 36.2 Å². The molecule has 142 valence electrons. The topological polar surface area (TPSA) is 63.5 Å². The van der Waals surface area contributed by atoms with E-state index in [9.17, 15) is 4.79 Å². The number of piperidine rings is 1. The highest BCUT2D eigenvalue weighted by molar-refractivity contribution is 7.22. The molecule has 1 aliphatic heterocycles. The van der Waals surface area contributed by atoms with Crippen LogP contribution in [0.4, 0.5) is 5.13 Å². The van der Waals surface area contributed by atoms with Gasteiger partial charge in [0.15, 0.2) is 5.13 Å². The lowest BCUT2D eigenvalue weighted by Gasteiger charge is -2.36. The maximum absolute atomic E-state index is 12.6. The van der Waals surface area contributed by atoms with Crippen molar-refractivity contribution < 1.29 is 9.53 Å². The van der Waals surface area contributed by atoms with Gasteiger partial charge in [0.2, 0.25) is 0 Å². The summed E-state index contributed by atoms with van der Waals surface area (Å²) in [6.07, 6.45) is 3.65. The Morgan fingerprint density at radius 1 is 1.30 bits per heavy atom. The smallest absolute Gasteiger partial charge is 0.274 e. The Morgan fingerprint density at radius 2 is 2.07 bits per heavy atom. The summed E-state index contributed by atoms with van der Waals surface area (Å²) in [5, 5.41) is 5.26. The molecule has 0 aliphatic carbocycles. The zero-order chi connectivity index (χ0) is 19.0. The highest BCUT2D eigenvalue weighted by Gasteiger charge is 2.28. The predicted molar refractivity (Wildman–Crippen MR) is 107 cm³/mol. The molecule has 4 rings (SSSR count). The molecule has 0 spiro atoms. The van der Waals surface area contributed by atoms with Crippen LogP contribution in [0, 0.1) is 0 Å². The molecule has 1 aromatic carbocycles. The van der Waals surface area contributed by atoms with E-state index >= 15 is 0 Å². The van der Waals surface area contributed by atoms with E-state index in [0.29, 0.717) is 5.69 Å². The number of carbonyl (C=O) groups is 1. The SMILES string of the molecule is COc1ccc2sc(N3CCC(N(C)C(=O)c4ccn(C)n4)CC3)nc2c1. The minimum Gasteiger partial charge on any atom is -0.497 e. The van der Waals surface area contributed by atoms with Crippen LogP contribution in [0.25, 0.3) is 10.2 Å². The lowest BCUT2D eigenvalue weighted by Crippen LogP contribution is -2.45. The van der Waals surface area contributed by atoms with Gasteiger partial charge >= 0.3 is 0 Å². The molecule has 0 radical (unpaired) electrons. The maximum atomic E-state index is 12.6. The van der Waals surface area contributed by atoms with Crippen LogP contribution in [0.2, 0.25) is 0 Å². The summed E-state index contributed by atoms with van der Waals surface area (Å²) in [4.78, 5) is 21.5. The Balaban J connectivity index is 1.42. The fourth-order valence-electron chi connectivity index (χ4n) is 3.48. The van der Waals surface area contributed by atoms with E-state index in [4.69, 9.17) is 9.72 Å². The van der Waals surface area contributed by atoms with E-state index in [1.165, 1.54) is 0 Å². The summed E-state index contributed by atoms with van der Waals surface area (Å²) in [6, 6.07) is 7.99. The average Bonchev–Trinajstić information content (AvgIpc) is 3.32. The second-order valence-corrected chi connectivity index (χ2v) is 7.85. The second kappa shape index (κ2) is 7.19. The number of aromatic nitrogens is 3. The third-order valence-corrected chi connectivity index (χ3v) is 6.22. The Bertz CT molecular complexity index is 958. The summed E-state index contributed by atoms with van der Waals surface area (Å²) in [5.74, 6) is 0.814. The standard InChI is InChI=1S/C19H23N5O2S/c1-22-9-8-15(21-22)18(25)23(2)13-6-10-24(11-7-13)19-20-16-12-14(26-3)4-5-17(16)27-19/h4-5,8-9,12-13H,6-7,10-11H2,1-3H3. The summed E-state index contributed by atoms with van der Waals surface area (Å²) in [7, 11) is 5.37. The molecular formula is C19H23N5O2S. The Labute approximate surface area is 162 Å². The zero-order valence-corrected chi connectivity index (χ0v) is 16.6. The number of hydrogen-bond acceptors (Lipinski definition) is 6. The van der Waals surface area contributed by atoms with Crippen molar-refractivity contribution in [3.63, 3.8) is 0 Å². The number of hydrogen-bond donors (Lipinski definition) is 0. The van der Waals surface area contributed by atoms with Gasteiger partial charge in [0.1, 0.15) is 11.4 Å². The van der Waals surface area contributed by atoms with Gasteiger partial charge in [-0.3, -0.25) is 9.48 Å². The van der Waals surface area contributed by atoms with Gasteiger partial charge in [-0.05, 0) is 31.0 Å². The van der Waals surface area contributed by atoms with Gasteiger partial charge in [-0.15, -0.1) is 0 Å². The maximum Gasteiger partial charge on any atom is 0.274 e. The number of ether oxygens (including phenoxy) is 1. The van der Waals surface area contributed by atoms with Crippen molar-refractivity contribution >= 4 is 32.6 Å². The summed E-state index contributed by atoms with van der Waals surface area (Å²) >= 11 is 1.70. The van der Waals surface area contributed by atoms with E-state index in [0.717, 1.165) is 47.0 Å². The highest BCUT2D eigenvalue weighted by atomic mass is 32.1. The number of benzene rings is 1. The van der Waals surface area contributed by atoms with Crippen LogP contribution < -0.4 is 9.64 Å². The molecule has 1 aliphatic rings. The molecule has 2 aromatic heterocycles. The molecule has 1 fully saturated rings. The van der Waals surface area contributed by atoms with Crippen LogP contribution in [0.1, 0.15) is 23.3 Å². The molecule has 27 heavy (non-hydrogen) atoms. The van der Waals surface area contributed by atoms with Crippen LogP contribution in [-0.2, 0) is 7.05 Å². The fourth-order valence-corrected chi connectivity index (χ4v) is 4.47. The molecule has 0 unspecified atom stereocenters. The molecule has 1 amide bonds. The number of carbonyl (C=O) groups excluding carboxylic acids is 1. The molecule has 1 saturated heterocycles. The van der Waals surface area contributed by atoms with Gasteiger partial charge in [-0.25, -0.2) is 4.98 Å². The van der Waals surface area contributed by atoms with Crippen LogP contribution in [-0.4, -0.2) is 58.9 Å². The Hall–Kier alpha value is -2.61. The summed E-state index contributed by atoms with van der Waals surface area (Å²) < 4.78 is 8.11. The normalized spacial score (nSPS) is 15.3. The van der Waals surface area contributed by atoms with Gasteiger partial charge in [0.25, 0.3) is 5.91 Å². The second-order valence-electron chi connectivity index (χ2n) is 6.84. The van der Waals surface area contributed by atoms with E-state index in [1.54, 1.807) is 35.4 Å². The number of rotatable bonds is 4. The number of amides is 1. The first kappa shape index (κ1) is 17.8. The monoisotopic (exact) mass is 385 g/mol. The zero-order valence-electron chi connectivity index (χ0n) is 15.8. The first-order valence-electron chi connectivity index (χ1n) is 9.01. The van der Waals surface area contributed by atoms with E-state index in [2.05, 4.69) is 16.1 Å². The molecule has 0 saturated carbocycles. The first-order valence-corrected chi connectivity index (χ1v) is 9.83. The van der Waals surface area contributed by atoms with Crippen LogP contribution in [0.15, 0.2) is 30.5 Å². The number of aryl methyl sites for hydroxylation is 1. The van der Waals surface area contributed by atoms with Crippen LogP contribution >= 0.6 is 11.3 Å². The third kappa shape index (κ3) is 3.49. The minimum atomic E-state index is -0.0128. The molecular weight excluding hydrogens is 362 g/mol. The number of methoxy groups -OCH3 is 1. The van der Waals surface area contributed by atoms with Crippen molar-refractivity contribution in [1.82, 2.24) is 19.7 Å². The molecule has 0 N–H and O–H groups in total. The van der Waals surface area contributed by atoms with Gasteiger partial charge in [-0.1, -0.05) is 11.3 Å². The van der Waals surface area contributed by atoms with E-state index in [-0.39, 0.29) is 11.9 Å². The van der Waals surface area contributed by atoms with Gasteiger partial charge in [0, 0.05) is 45.5 Å². The largest absolute Gasteiger partial charge is 0.497 e. The average molecular weight is 385 g/mol. The molecule has 0 atom stereocenters. The van der Waals surface area contributed by atoms with Gasteiger partial charge < -0.3 is 14.5 Å². The fraction of sp³-hybridized carbons (Fsp3) is 0.421. The van der Waals surface area contributed by atoms with Crippen molar-refractivity contribution in [1.29, 1.82) is 0 Å². The summed E-state index contributed by atoms with van der Waals surface area (Å²) in [6.45, 7) is 1.78. The van der Waals surface area contributed by atoms with Crippen LogP contribution in [0.5, 0.6) is 5.75 Å². The highest BCUT2D eigenvalue weighted by Crippen LogP contribution is 2.33. The van der Waals surface area contributed by atoms with E-state index in [1.807, 2.05) is 31.1 Å². The number of anilines is 1. The van der Waals surface area contributed by atoms with Crippen molar-refractivity contribution in [2.24, 2.45) is 7.05 Å². The number of fused-ring (bicyclic) bond motifs is 1. The van der Waals surface area contributed by atoms with Gasteiger partial charge in [-0.2, -0.15) is 5.10 Å². The summed E-state index contributed by atoms with van der Waals surface area (Å²) in [5.41, 5.74) is 1.47. The lowest BCUT2D eigenvalue weighted by atomic mass is 10.0. The molecule has 0 bridgehead atoms.